The van der Waals surface area contributed by atoms with Crippen molar-refractivity contribution in [3.05, 3.63) is 33.7 Å². The number of amides is 3. The predicted octanol–water partition coefficient (Wildman–Crippen LogP) is 1.67. The molecule has 1 aliphatic heterocycles. The van der Waals surface area contributed by atoms with E-state index in [9.17, 15) is 24.5 Å². The van der Waals surface area contributed by atoms with Gasteiger partial charge in [0.25, 0.3) is 5.70 Å². The Balaban J connectivity index is 1.82. The molecule has 3 amide bonds. The van der Waals surface area contributed by atoms with Crippen molar-refractivity contribution in [3.63, 3.8) is 0 Å². The van der Waals surface area contributed by atoms with Crippen LogP contribution >= 0.6 is 0 Å². The van der Waals surface area contributed by atoms with Crippen LogP contribution in [0.1, 0.15) is 60.8 Å². The van der Waals surface area contributed by atoms with E-state index in [1.54, 1.807) is 47.6 Å². The van der Waals surface area contributed by atoms with Crippen molar-refractivity contribution in [2.45, 2.75) is 84.1 Å². The average Bonchev–Trinajstić information content (AvgIpc) is 2.73. The maximum Gasteiger partial charge on any atom is 0.408 e. The van der Waals surface area contributed by atoms with Gasteiger partial charge in [0.2, 0.25) is 5.91 Å². The first-order valence-corrected chi connectivity index (χ1v) is 12.5. The van der Waals surface area contributed by atoms with Crippen molar-refractivity contribution >= 4 is 23.8 Å². The van der Waals surface area contributed by atoms with Crippen LogP contribution in [0.25, 0.3) is 0 Å². The SMILES string of the molecule is CC(C)(C)OC(=O)NCCCC[C@H](NC(=O)OC(C)(C)C)C(=O)NCCNC1=CC=C([N+](=O)[O-])C2=NNC12. The van der Waals surface area contributed by atoms with Crippen LogP contribution in [0.5, 0.6) is 0 Å². The molecular formula is C24H39N7O7. The van der Waals surface area contributed by atoms with Gasteiger partial charge in [0.1, 0.15) is 23.3 Å². The molecule has 1 heterocycles. The number of fused-ring (bicyclic) bond motifs is 1. The Morgan fingerprint density at radius 3 is 2.24 bits per heavy atom. The Morgan fingerprint density at radius 2 is 1.66 bits per heavy atom. The number of alkyl carbamates (subject to hydrolysis) is 2. The lowest BCUT2D eigenvalue weighted by atomic mass is 9.98. The number of hydrogen-bond acceptors (Lipinski definition) is 10. The zero-order chi connectivity index (χ0) is 28.5. The van der Waals surface area contributed by atoms with Gasteiger partial charge < -0.3 is 30.7 Å². The van der Waals surface area contributed by atoms with Gasteiger partial charge in [-0.25, -0.2) is 9.59 Å². The molecule has 14 nitrogen and oxygen atoms in total. The number of allylic oxidation sites excluding steroid dienone is 2. The Bertz CT molecular complexity index is 993. The minimum absolute atomic E-state index is 0.0510. The Morgan fingerprint density at radius 1 is 1.00 bits per heavy atom. The van der Waals surface area contributed by atoms with Gasteiger partial charge in [-0.2, -0.15) is 5.10 Å². The summed E-state index contributed by atoms with van der Waals surface area (Å²) in [5.41, 5.74) is 2.47. The van der Waals surface area contributed by atoms with Gasteiger partial charge in [0.05, 0.1) is 4.92 Å². The molecule has 2 aliphatic rings. The number of unbranched alkanes of at least 4 members (excludes halogenated alkanes) is 1. The van der Waals surface area contributed by atoms with Crippen LogP contribution in [0.15, 0.2) is 28.6 Å². The molecule has 0 saturated heterocycles. The smallest absolute Gasteiger partial charge is 0.408 e. The van der Waals surface area contributed by atoms with Crippen molar-refractivity contribution in [2.75, 3.05) is 19.6 Å². The molecule has 1 unspecified atom stereocenters. The van der Waals surface area contributed by atoms with Gasteiger partial charge in [-0.3, -0.25) is 20.3 Å². The number of ether oxygens (including phenoxy) is 2. The fourth-order valence-corrected chi connectivity index (χ4v) is 3.49. The van der Waals surface area contributed by atoms with Gasteiger partial charge in [-0.05, 0) is 66.9 Å². The predicted molar refractivity (Wildman–Crippen MR) is 140 cm³/mol. The first-order valence-electron chi connectivity index (χ1n) is 12.5. The van der Waals surface area contributed by atoms with Gasteiger partial charge in [0.15, 0.2) is 5.71 Å². The van der Waals surface area contributed by atoms with Crippen LogP contribution in [0.3, 0.4) is 0 Å². The van der Waals surface area contributed by atoms with E-state index in [0.29, 0.717) is 43.8 Å². The number of hydrogen-bond donors (Lipinski definition) is 5. The zero-order valence-corrected chi connectivity index (χ0v) is 22.8. The van der Waals surface area contributed by atoms with Crippen molar-refractivity contribution in [1.29, 1.82) is 0 Å². The highest BCUT2D eigenvalue weighted by Crippen LogP contribution is 2.20. The summed E-state index contributed by atoms with van der Waals surface area (Å²) in [6.07, 6.45) is 3.23. The number of carbonyl (C=O) groups excluding carboxylic acids is 3. The maximum absolute atomic E-state index is 12.8. The van der Waals surface area contributed by atoms with Gasteiger partial charge in [-0.1, -0.05) is 0 Å². The van der Waals surface area contributed by atoms with Crippen LogP contribution in [0, 0.1) is 10.1 Å². The fourth-order valence-electron chi connectivity index (χ4n) is 3.49. The summed E-state index contributed by atoms with van der Waals surface area (Å²) in [7, 11) is 0. The highest BCUT2D eigenvalue weighted by molar-refractivity contribution is 6.07. The van der Waals surface area contributed by atoms with Gasteiger partial charge in [-0.15, -0.1) is 0 Å². The number of nitrogens with zero attached hydrogens (tertiary/aromatic N) is 2. The molecule has 0 aromatic heterocycles. The fraction of sp³-hybridized carbons (Fsp3) is 0.667. The molecule has 0 spiro atoms. The largest absolute Gasteiger partial charge is 0.444 e. The highest BCUT2D eigenvalue weighted by Gasteiger charge is 2.38. The van der Waals surface area contributed by atoms with Gasteiger partial charge in [0, 0.05) is 31.4 Å². The Labute approximate surface area is 222 Å². The second-order valence-corrected chi connectivity index (χ2v) is 10.8. The third-order valence-electron chi connectivity index (χ3n) is 5.13. The molecule has 0 fully saturated rings. The summed E-state index contributed by atoms with van der Waals surface area (Å²) in [4.78, 5) is 47.5. The van der Waals surface area contributed by atoms with E-state index in [0.717, 1.165) is 0 Å². The van der Waals surface area contributed by atoms with Crippen LogP contribution in [0.4, 0.5) is 9.59 Å². The second kappa shape index (κ2) is 13.1. The van der Waals surface area contributed by atoms with Gasteiger partial charge >= 0.3 is 12.2 Å². The summed E-state index contributed by atoms with van der Waals surface area (Å²) in [5.74, 6) is -0.380. The molecule has 212 valence electrons. The molecule has 14 heteroatoms. The number of hydrazone groups is 1. The third-order valence-corrected chi connectivity index (χ3v) is 5.13. The molecule has 38 heavy (non-hydrogen) atoms. The Kier molecular flexibility index (Phi) is 10.5. The molecule has 2 rings (SSSR count). The van der Waals surface area contributed by atoms with E-state index in [4.69, 9.17) is 9.47 Å². The summed E-state index contributed by atoms with van der Waals surface area (Å²) in [5, 5.41) is 26.1. The third kappa shape index (κ3) is 10.3. The van der Waals surface area contributed by atoms with E-state index < -0.39 is 34.4 Å². The topological polar surface area (TPSA) is 185 Å². The van der Waals surface area contributed by atoms with Crippen molar-refractivity contribution in [3.8, 4) is 0 Å². The van der Waals surface area contributed by atoms with Crippen molar-refractivity contribution in [1.82, 2.24) is 26.7 Å². The van der Waals surface area contributed by atoms with E-state index in [-0.39, 0.29) is 24.2 Å². The number of carbonyl (C=O) groups is 3. The lowest BCUT2D eigenvalue weighted by Gasteiger charge is -2.30. The Hall–Kier alpha value is -3.84. The average molecular weight is 538 g/mol. The quantitative estimate of drug-likeness (QED) is 0.140. The molecule has 1 aliphatic carbocycles. The minimum atomic E-state index is -0.835. The molecule has 0 saturated carbocycles. The van der Waals surface area contributed by atoms with Crippen LogP contribution < -0.4 is 26.7 Å². The summed E-state index contributed by atoms with van der Waals surface area (Å²) < 4.78 is 10.5. The molecule has 5 N–H and O–H groups in total. The minimum Gasteiger partial charge on any atom is -0.444 e. The summed E-state index contributed by atoms with van der Waals surface area (Å²) in [6.45, 7) is 11.5. The summed E-state index contributed by atoms with van der Waals surface area (Å²) >= 11 is 0. The van der Waals surface area contributed by atoms with E-state index >= 15 is 0 Å². The normalized spacial score (nSPS) is 17.1. The van der Waals surface area contributed by atoms with Crippen LogP contribution in [-0.2, 0) is 14.3 Å². The van der Waals surface area contributed by atoms with E-state index in [1.807, 2.05) is 0 Å². The van der Waals surface area contributed by atoms with Crippen molar-refractivity contribution in [2.24, 2.45) is 5.10 Å². The molecule has 0 bridgehead atoms. The van der Waals surface area contributed by atoms with E-state index in [1.165, 1.54) is 6.08 Å². The van der Waals surface area contributed by atoms with Crippen LogP contribution in [-0.4, -0.2) is 71.6 Å². The summed E-state index contributed by atoms with van der Waals surface area (Å²) in [6, 6.07) is -1.22. The number of nitro groups is 1. The first kappa shape index (κ1) is 30.4. The molecule has 2 atom stereocenters. The molecule has 0 radical (unpaired) electrons. The van der Waals surface area contributed by atoms with Crippen LogP contribution in [0.2, 0.25) is 0 Å². The molecule has 0 aromatic rings. The number of rotatable bonds is 12. The maximum atomic E-state index is 12.8. The molecule has 0 aromatic carbocycles. The van der Waals surface area contributed by atoms with Crippen molar-refractivity contribution < 1.29 is 28.8 Å². The monoisotopic (exact) mass is 537 g/mol. The number of nitrogens with one attached hydrogen (secondary N) is 5. The second-order valence-electron chi connectivity index (χ2n) is 10.8. The standard InChI is InChI=1S/C24H39N7O7/c1-23(2,3)37-21(33)27-12-8-7-9-16(28-22(34)38-24(4,5)6)20(32)26-14-13-25-15-10-11-17(31(35)36)19-18(15)29-30-19/h10-11,16,18,25,29H,7-9,12-14H2,1-6H3,(H,26,32)(H,27,33)(H,28,34)/t16-,18?/m0/s1. The lowest BCUT2D eigenvalue weighted by molar-refractivity contribution is -0.415. The lowest BCUT2D eigenvalue weighted by Crippen LogP contribution is -2.52. The highest BCUT2D eigenvalue weighted by atomic mass is 16.6. The molecular weight excluding hydrogens is 498 g/mol. The zero-order valence-electron chi connectivity index (χ0n) is 22.8. The van der Waals surface area contributed by atoms with E-state index in [2.05, 4.69) is 31.8 Å². The first-order chi connectivity index (χ1) is 17.7.